The molecule has 6 nitrogen and oxygen atoms in total. The van der Waals surface area contributed by atoms with Crippen molar-refractivity contribution in [3.8, 4) is 0 Å². The van der Waals surface area contributed by atoms with Gasteiger partial charge < -0.3 is 14.7 Å². The molecule has 1 saturated heterocycles. The molecule has 0 bridgehead atoms. The first kappa shape index (κ1) is 17.6. The van der Waals surface area contributed by atoms with Gasteiger partial charge in [-0.15, -0.1) is 0 Å². The number of aryl methyl sites for hydroxylation is 2. The second-order valence-electron chi connectivity index (χ2n) is 6.70. The van der Waals surface area contributed by atoms with Gasteiger partial charge in [-0.05, 0) is 18.9 Å². The Kier molecular flexibility index (Phi) is 5.20. The van der Waals surface area contributed by atoms with Crippen molar-refractivity contribution in [2.75, 3.05) is 26.3 Å². The lowest BCUT2D eigenvalue weighted by molar-refractivity contribution is -0.123. The second-order valence-corrected chi connectivity index (χ2v) is 6.70. The van der Waals surface area contributed by atoms with E-state index < -0.39 is 5.60 Å². The minimum atomic E-state index is -0.766. The lowest BCUT2D eigenvalue weighted by Gasteiger charge is -2.42. The molecule has 1 amide bonds. The van der Waals surface area contributed by atoms with Crippen LogP contribution in [-0.2, 0) is 17.6 Å². The maximum absolute atomic E-state index is 12.9. The average Bonchev–Trinajstić information content (AvgIpc) is 3.10. The molecule has 1 fully saturated rings. The summed E-state index contributed by atoms with van der Waals surface area (Å²) >= 11 is 0. The molecule has 6 heteroatoms. The number of nitrogens with one attached hydrogen (secondary N) is 1. The summed E-state index contributed by atoms with van der Waals surface area (Å²) in [5.74, 6) is -0.0593. The summed E-state index contributed by atoms with van der Waals surface area (Å²) in [6.07, 6.45) is 2.87. The number of aromatic nitrogens is 2. The van der Waals surface area contributed by atoms with Crippen LogP contribution in [0.3, 0.4) is 0 Å². The third kappa shape index (κ3) is 3.75. The molecular formula is C19H25N3O3. The van der Waals surface area contributed by atoms with Crippen LogP contribution in [0.25, 0.3) is 0 Å². The Morgan fingerprint density at radius 1 is 1.48 bits per heavy atom. The van der Waals surface area contributed by atoms with Crippen LogP contribution in [0, 0.1) is 6.92 Å². The zero-order valence-electron chi connectivity index (χ0n) is 14.8. The zero-order chi connectivity index (χ0) is 17.9. The van der Waals surface area contributed by atoms with Gasteiger partial charge >= 0.3 is 0 Å². The van der Waals surface area contributed by atoms with Crippen LogP contribution in [-0.4, -0.2) is 58.0 Å². The molecule has 1 atom stereocenters. The summed E-state index contributed by atoms with van der Waals surface area (Å²) in [6.45, 7) is 5.19. The molecule has 0 spiro atoms. The number of aromatic amines is 1. The third-order valence-electron chi connectivity index (χ3n) is 4.73. The molecule has 134 valence electrons. The molecule has 0 saturated carbocycles. The fraction of sp³-hybridized carbons (Fsp3) is 0.474. The maximum Gasteiger partial charge on any atom is 0.257 e. The highest BCUT2D eigenvalue weighted by Crippen LogP contribution is 2.25. The van der Waals surface area contributed by atoms with E-state index in [-0.39, 0.29) is 12.5 Å². The van der Waals surface area contributed by atoms with Crippen LogP contribution in [0.1, 0.15) is 34.1 Å². The molecule has 0 radical (unpaired) electrons. The van der Waals surface area contributed by atoms with Crippen LogP contribution < -0.4 is 0 Å². The average molecular weight is 343 g/mol. The van der Waals surface area contributed by atoms with E-state index in [1.165, 1.54) is 5.56 Å². The summed E-state index contributed by atoms with van der Waals surface area (Å²) in [5.41, 5.74) is 2.94. The Bertz CT molecular complexity index is 743. The van der Waals surface area contributed by atoms with Crippen molar-refractivity contribution < 1.29 is 14.6 Å². The Morgan fingerprint density at radius 3 is 3.04 bits per heavy atom. The molecule has 3 rings (SSSR count). The summed E-state index contributed by atoms with van der Waals surface area (Å²) in [7, 11) is 0. The second kappa shape index (κ2) is 7.37. The maximum atomic E-state index is 12.9. The van der Waals surface area contributed by atoms with E-state index in [9.17, 15) is 9.90 Å². The molecular weight excluding hydrogens is 318 g/mol. The predicted molar refractivity (Wildman–Crippen MR) is 94.5 cm³/mol. The van der Waals surface area contributed by atoms with Crippen molar-refractivity contribution in [2.45, 2.75) is 32.3 Å². The molecule has 25 heavy (non-hydrogen) atoms. The number of nitrogens with zero attached hydrogens (tertiary/aromatic N) is 2. The number of aliphatic hydroxyl groups excluding tert-OH is 1. The predicted octanol–water partition coefficient (Wildman–Crippen LogP) is 1.73. The number of ether oxygens (including phenoxy) is 1. The number of benzene rings is 1. The molecule has 1 aromatic heterocycles. The number of rotatable bonds is 5. The fourth-order valence-corrected chi connectivity index (χ4v) is 3.41. The minimum Gasteiger partial charge on any atom is -0.393 e. The number of morpholine rings is 1. The lowest BCUT2D eigenvalue weighted by Crippen LogP contribution is -2.56. The van der Waals surface area contributed by atoms with Crippen molar-refractivity contribution in [3.05, 3.63) is 52.8 Å². The van der Waals surface area contributed by atoms with Gasteiger partial charge in [0.1, 0.15) is 5.60 Å². The minimum absolute atomic E-state index is 0.0593. The SMILES string of the molecule is CCc1[nH]ncc1C(=O)N1CCO[C@@](CO)(Cc2cccc(C)c2)C1. The van der Waals surface area contributed by atoms with Crippen LogP contribution in [0.4, 0.5) is 0 Å². The first-order valence-corrected chi connectivity index (χ1v) is 8.69. The Morgan fingerprint density at radius 2 is 2.32 bits per heavy atom. The highest BCUT2D eigenvalue weighted by molar-refractivity contribution is 5.95. The van der Waals surface area contributed by atoms with Gasteiger partial charge in [-0.25, -0.2) is 0 Å². The number of aliphatic hydroxyl groups is 1. The van der Waals surface area contributed by atoms with Gasteiger partial charge in [-0.2, -0.15) is 5.10 Å². The van der Waals surface area contributed by atoms with Crippen LogP contribution in [0.5, 0.6) is 0 Å². The van der Waals surface area contributed by atoms with Gasteiger partial charge in [-0.3, -0.25) is 9.89 Å². The number of hydrogen-bond acceptors (Lipinski definition) is 4. The third-order valence-corrected chi connectivity index (χ3v) is 4.73. The Hall–Kier alpha value is -2.18. The van der Waals surface area contributed by atoms with Crippen molar-refractivity contribution >= 4 is 5.91 Å². The van der Waals surface area contributed by atoms with E-state index in [0.717, 1.165) is 17.7 Å². The quantitative estimate of drug-likeness (QED) is 0.867. The van der Waals surface area contributed by atoms with Gasteiger partial charge in [0.05, 0.1) is 31.5 Å². The lowest BCUT2D eigenvalue weighted by atomic mass is 9.92. The summed E-state index contributed by atoms with van der Waals surface area (Å²) in [6, 6.07) is 8.16. The monoisotopic (exact) mass is 343 g/mol. The molecule has 2 heterocycles. The van der Waals surface area contributed by atoms with Crippen molar-refractivity contribution in [3.63, 3.8) is 0 Å². The Balaban J connectivity index is 1.79. The standard InChI is InChI=1S/C19H25N3O3/c1-3-17-16(11-20-21-17)18(24)22-7-8-25-19(12-22,13-23)10-15-6-4-5-14(2)9-15/h4-6,9,11,23H,3,7-8,10,12-13H2,1-2H3,(H,20,21)/t19-/m0/s1. The summed E-state index contributed by atoms with van der Waals surface area (Å²) < 4.78 is 5.95. The molecule has 2 aromatic rings. The van der Waals surface area contributed by atoms with E-state index in [0.29, 0.717) is 31.7 Å². The zero-order valence-corrected chi connectivity index (χ0v) is 14.8. The molecule has 1 aliphatic rings. The number of amides is 1. The van der Waals surface area contributed by atoms with Gasteiger partial charge in [0.2, 0.25) is 0 Å². The summed E-state index contributed by atoms with van der Waals surface area (Å²) in [4.78, 5) is 14.6. The van der Waals surface area contributed by atoms with Crippen molar-refractivity contribution in [2.24, 2.45) is 0 Å². The number of hydrogen-bond donors (Lipinski definition) is 2. The van der Waals surface area contributed by atoms with Gasteiger partial charge in [-0.1, -0.05) is 36.8 Å². The first-order valence-electron chi connectivity index (χ1n) is 8.69. The van der Waals surface area contributed by atoms with E-state index in [2.05, 4.69) is 16.3 Å². The number of carbonyl (C=O) groups is 1. The molecule has 0 unspecified atom stereocenters. The van der Waals surface area contributed by atoms with Gasteiger partial charge in [0, 0.05) is 18.7 Å². The molecule has 2 N–H and O–H groups in total. The molecule has 0 aliphatic carbocycles. The smallest absolute Gasteiger partial charge is 0.257 e. The van der Waals surface area contributed by atoms with Crippen molar-refractivity contribution in [1.82, 2.24) is 15.1 Å². The number of H-pyrrole nitrogens is 1. The highest BCUT2D eigenvalue weighted by Gasteiger charge is 2.38. The fourth-order valence-electron chi connectivity index (χ4n) is 3.41. The van der Waals surface area contributed by atoms with Crippen LogP contribution in [0.15, 0.2) is 30.5 Å². The van der Waals surface area contributed by atoms with E-state index >= 15 is 0 Å². The van der Waals surface area contributed by atoms with E-state index in [1.807, 2.05) is 32.0 Å². The summed E-state index contributed by atoms with van der Waals surface area (Å²) in [5, 5.41) is 16.9. The van der Waals surface area contributed by atoms with Crippen molar-refractivity contribution in [1.29, 1.82) is 0 Å². The van der Waals surface area contributed by atoms with Crippen LogP contribution in [0.2, 0.25) is 0 Å². The highest BCUT2D eigenvalue weighted by atomic mass is 16.5. The first-order chi connectivity index (χ1) is 12.1. The Labute approximate surface area is 147 Å². The topological polar surface area (TPSA) is 78.5 Å². The van der Waals surface area contributed by atoms with Crippen LogP contribution >= 0.6 is 0 Å². The largest absolute Gasteiger partial charge is 0.393 e. The number of carbonyl (C=O) groups excluding carboxylic acids is 1. The van der Waals surface area contributed by atoms with E-state index in [4.69, 9.17) is 4.74 Å². The molecule has 1 aliphatic heterocycles. The normalized spacial score (nSPS) is 20.7. The molecule has 1 aromatic carbocycles. The van der Waals surface area contributed by atoms with Gasteiger partial charge in [0.25, 0.3) is 5.91 Å². The van der Waals surface area contributed by atoms with Gasteiger partial charge in [0.15, 0.2) is 0 Å². The van der Waals surface area contributed by atoms with E-state index in [1.54, 1.807) is 11.1 Å².